The van der Waals surface area contributed by atoms with Crippen LogP contribution in [0.2, 0.25) is 0 Å². The second-order valence-corrected chi connectivity index (χ2v) is 8.34. The second-order valence-electron chi connectivity index (χ2n) is 6.59. The number of rotatable bonds is 5. The third-order valence-electron chi connectivity index (χ3n) is 4.14. The number of hydrogen-bond donors (Lipinski definition) is 1. The maximum absolute atomic E-state index is 12.6. The molecule has 1 aliphatic rings. The van der Waals surface area contributed by atoms with Crippen LogP contribution >= 0.6 is 0 Å². The highest BCUT2D eigenvalue weighted by Gasteiger charge is 2.28. The lowest BCUT2D eigenvalue weighted by Crippen LogP contribution is -2.34. The van der Waals surface area contributed by atoms with Crippen LogP contribution in [-0.4, -0.2) is 23.2 Å². The molecule has 7 nitrogen and oxygen atoms in total. The molecule has 0 spiro atoms. The molecule has 25 heavy (non-hydrogen) atoms. The second kappa shape index (κ2) is 6.94. The van der Waals surface area contributed by atoms with Crippen molar-refractivity contribution in [3.8, 4) is 6.07 Å². The van der Waals surface area contributed by atoms with Crippen molar-refractivity contribution in [3.05, 3.63) is 47.0 Å². The van der Waals surface area contributed by atoms with Crippen molar-refractivity contribution in [2.24, 2.45) is 0 Å². The summed E-state index contributed by atoms with van der Waals surface area (Å²) in [5.41, 5.74) is 1.04. The van der Waals surface area contributed by atoms with Gasteiger partial charge in [-0.15, -0.1) is 0 Å². The minimum Gasteiger partial charge on any atom is -0.248 e. The molecule has 0 fully saturated rings. The lowest BCUT2D eigenvalue weighted by Gasteiger charge is -2.23. The molecule has 1 atom stereocenters. The van der Waals surface area contributed by atoms with E-state index in [0.717, 1.165) is 18.8 Å². The Morgan fingerprint density at radius 1 is 1.44 bits per heavy atom. The standard InChI is InChI=1S/C17H21N5O2S/c1-12(2)16-19-17-15(7-4-8-22(17)20-16)21-25(23,24)11-14-6-3-5-13(9-14)10-18/h3,5-6,9,12,15,21H,4,7-8,11H2,1-2H3/t15-/m1/s1. The molecule has 3 rings (SSSR count). The van der Waals surface area contributed by atoms with Crippen LogP contribution in [0.25, 0.3) is 0 Å². The smallest absolute Gasteiger partial charge is 0.216 e. The fourth-order valence-electron chi connectivity index (χ4n) is 2.93. The summed E-state index contributed by atoms with van der Waals surface area (Å²) in [6.45, 7) is 4.79. The van der Waals surface area contributed by atoms with Crippen molar-refractivity contribution in [1.82, 2.24) is 19.5 Å². The number of sulfonamides is 1. The first-order valence-electron chi connectivity index (χ1n) is 8.31. The Kier molecular flexibility index (Phi) is 4.88. The Hall–Kier alpha value is -2.24. The van der Waals surface area contributed by atoms with Crippen LogP contribution in [0.15, 0.2) is 24.3 Å². The van der Waals surface area contributed by atoms with Crippen LogP contribution in [-0.2, 0) is 22.3 Å². The molecule has 1 aromatic heterocycles. The Bertz CT molecular complexity index is 911. The number of benzene rings is 1. The van der Waals surface area contributed by atoms with E-state index in [2.05, 4.69) is 14.8 Å². The van der Waals surface area contributed by atoms with Gasteiger partial charge in [-0.1, -0.05) is 26.0 Å². The molecule has 0 amide bonds. The van der Waals surface area contributed by atoms with Gasteiger partial charge in [0.25, 0.3) is 0 Å². The van der Waals surface area contributed by atoms with Crippen LogP contribution in [0.1, 0.15) is 61.4 Å². The summed E-state index contributed by atoms with van der Waals surface area (Å²) in [6.07, 6.45) is 1.55. The summed E-state index contributed by atoms with van der Waals surface area (Å²) in [4.78, 5) is 4.53. The summed E-state index contributed by atoms with van der Waals surface area (Å²) in [5.74, 6) is 1.46. The zero-order valence-corrected chi connectivity index (χ0v) is 15.1. The number of aromatic nitrogens is 3. The quantitative estimate of drug-likeness (QED) is 0.882. The monoisotopic (exact) mass is 359 g/mol. The van der Waals surface area contributed by atoms with E-state index in [4.69, 9.17) is 5.26 Å². The van der Waals surface area contributed by atoms with Crippen LogP contribution in [0.3, 0.4) is 0 Å². The van der Waals surface area contributed by atoms with Crippen molar-refractivity contribution >= 4 is 10.0 Å². The van der Waals surface area contributed by atoms with Crippen LogP contribution in [0.4, 0.5) is 0 Å². The fraction of sp³-hybridized carbons (Fsp3) is 0.471. The van der Waals surface area contributed by atoms with E-state index in [-0.39, 0.29) is 17.7 Å². The number of aryl methyl sites for hydroxylation is 1. The zero-order chi connectivity index (χ0) is 18.0. The minimum absolute atomic E-state index is 0.163. The lowest BCUT2D eigenvalue weighted by molar-refractivity contribution is 0.399. The zero-order valence-electron chi connectivity index (χ0n) is 14.3. The SMILES string of the molecule is CC(C)c1nc2n(n1)CCC[C@H]2NS(=O)(=O)Cc1cccc(C#N)c1. The molecule has 0 saturated heterocycles. The number of hydrogen-bond acceptors (Lipinski definition) is 5. The van der Waals surface area contributed by atoms with Gasteiger partial charge in [0, 0.05) is 12.5 Å². The maximum Gasteiger partial charge on any atom is 0.216 e. The highest BCUT2D eigenvalue weighted by Crippen LogP contribution is 2.26. The molecule has 1 aliphatic heterocycles. The van der Waals surface area contributed by atoms with Gasteiger partial charge in [-0.2, -0.15) is 10.4 Å². The molecule has 0 bridgehead atoms. The van der Waals surface area contributed by atoms with E-state index in [0.29, 0.717) is 23.4 Å². The van der Waals surface area contributed by atoms with E-state index in [9.17, 15) is 8.42 Å². The maximum atomic E-state index is 12.6. The van der Waals surface area contributed by atoms with E-state index in [1.54, 1.807) is 24.3 Å². The Balaban J connectivity index is 1.79. The Labute approximate surface area is 147 Å². The molecule has 132 valence electrons. The van der Waals surface area contributed by atoms with E-state index < -0.39 is 10.0 Å². The average Bonchev–Trinajstić information content (AvgIpc) is 3.00. The van der Waals surface area contributed by atoms with Crippen molar-refractivity contribution in [1.29, 1.82) is 5.26 Å². The van der Waals surface area contributed by atoms with Gasteiger partial charge in [-0.25, -0.2) is 22.8 Å². The predicted molar refractivity (Wildman–Crippen MR) is 93.0 cm³/mol. The van der Waals surface area contributed by atoms with Crippen molar-refractivity contribution in [2.45, 2.75) is 50.9 Å². The summed E-state index contributed by atoms with van der Waals surface area (Å²) in [5, 5.41) is 13.4. The average molecular weight is 359 g/mol. The predicted octanol–water partition coefficient (Wildman–Crippen LogP) is 2.23. The van der Waals surface area contributed by atoms with Gasteiger partial charge >= 0.3 is 0 Å². The third-order valence-corrected chi connectivity index (χ3v) is 5.50. The summed E-state index contributed by atoms with van der Waals surface area (Å²) < 4.78 is 29.7. The van der Waals surface area contributed by atoms with Crippen LogP contribution in [0, 0.1) is 11.3 Å². The van der Waals surface area contributed by atoms with Crippen molar-refractivity contribution in [3.63, 3.8) is 0 Å². The van der Waals surface area contributed by atoms with Crippen LogP contribution < -0.4 is 4.72 Å². The first-order chi connectivity index (χ1) is 11.9. The Morgan fingerprint density at radius 2 is 2.24 bits per heavy atom. The van der Waals surface area contributed by atoms with Crippen molar-refractivity contribution in [2.75, 3.05) is 0 Å². The molecule has 0 saturated carbocycles. The van der Waals surface area contributed by atoms with Gasteiger partial charge in [-0.05, 0) is 30.5 Å². The molecule has 8 heteroatoms. The first-order valence-corrected chi connectivity index (χ1v) is 9.97. The molecule has 0 radical (unpaired) electrons. The molecule has 2 heterocycles. The van der Waals surface area contributed by atoms with E-state index in [1.807, 2.05) is 24.6 Å². The fourth-order valence-corrected chi connectivity index (χ4v) is 4.29. The number of nitriles is 1. The molecular weight excluding hydrogens is 338 g/mol. The van der Waals surface area contributed by atoms with E-state index in [1.165, 1.54) is 0 Å². The minimum atomic E-state index is -3.55. The van der Waals surface area contributed by atoms with Gasteiger partial charge in [0.15, 0.2) is 5.82 Å². The van der Waals surface area contributed by atoms with E-state index >= 15 is 0 Å². The van der Waals surface area contributed by atoms with Gasteiger partial charge in [0.2, 0.25) is 10.0 Å². The third kappa shape index (κ3) is 4.06. The first kappa shape index (κ1) is 17.6. The number of fused-ring (bicyclic) bond motifs is 1. The van der Waals surface area contributed by atoms with Gasteiger partial charge < -0.3 is 0 Å². The molecule has 1 N–H and O–H groups in total. The molecule has 2 aromatic rings. The summed E-state index contributed by atoms with van der Waals surface area (Å²) in [7, 11) is -3.55. The largest absolute Gasteiger partial charge is 0.248 e. The highest BCUT2D eigenvalue weighted by molar-refractivity contribution is 7.88. The molecule has 0 unspecified atom stereocenters. The van der Waals surface area contributed by atoms with Crippen LogP contribution in [0.5, 0.6) is 0 Å². The van der Waals surface area contributed by atoms with Gasteiger partial charge in [-0.3, -0.25) is 0 Å². The van der Waals surface area contributed by atoms with Crippen molar-refractivity contribution < 1.29 is 8.42 Å². The topological polar surface area (TPSA) is 101 Å². The summed E-state index contributed by atoms with van der Waals surface area (Å²) in [6, 6.07) is 8.31. The normalized spacial score (nSPS) is 17.3. The summed E-state index contributed by atoms with van der Waals surface area (Å²) >= 11 is 0. The number of nitrogens with zero attached hydrogens (tertiary/aromatic N) is 4. The highest BCUT2D eigenvalue weighted by atomic mass is 32.2. The lowest BCUT2D eigenvalue weighted by atomic mass is 10.1. The molecular formula is C17H21N5O2S. The van der Waals surface area contributed by atoms with Gasteiger partial charge in [0.1, 0.15) is 5.82 Å². The molecule has 1 aromatic carbocycles. The Morgan fingerprint density at radius 3 is 2.96 bits per heavy atom. The number of nitrogens with one attached hydrogen (secondary N) is 1. The van der Waals surface area contributed by atoms with Gasteiger partial charge in [0.05, 0.1) is 23.4 Å². The molecule has 0 aliphatic carbocycles.